The number of nitrogens with one attached hydrogen (secondary N) is 1. The van der Waals surface area contributed by atoms with Crippen molar-refractivity contribution in [3.8, 4) is 0 Å². The van der Waals surface area contributed by atoms with E-state index in [9.17, 15) is 5.11 Å². The molecule has 1 saturated carbocycles. The molecule has 0 aromatic heterocycles. The van der Waals surface area contributed by atoms with Crippen molar-refractivity contribution in [2.45, 2.75) is 30.8 Å². The van der Waals surface area contributed by atoms with E-state index in [1.165, 1.54) is 18.4 Å². The van der Waals surface area contributed by atoms with Gasteiger partial charge in [0.1, 0.15) is 0 Å². The summed E-state index contributed by atoms with van der Waals surface area (Å²) in [5, 5.41) is 13.9. The molecule has 2 fully saturated rings. The molecule has 21 heavy (non-hydrogen) atoms. The zero-order valence-electron chi connectivity index (χ0n) is 12.6. The molecular formula is C17H26N2O2. The minimum absolute atomic E-state index is 0.130. The van der Waals surface area contributed by atoms with E-state index in [1.54, 1.807) is 0 Å². The van der Waals surface area contributed by atoms with Crippen LogP contribution >= 0.6 is 0 Å². The third-order valence-electron chi connectivity index (χ3n) is 4.46. The number of nitrogens with zero attached hydrogens (tertiary/aromatic N) is 1. The molecular weight excluding hydrogens is 264 g/mol. The van der Waals surface area contributed by atoms with Crippen LogP contribution in [0, 0.1) is 0 Å². The van der Waals surface area contributed by atoms with Gasteiger partial charge in [-0.15, -0.1) is 0 Å². The van der Waals surface area contributed by atoms with Crippen LogP contribution in [-0.2, 0) is 10.3 Å². The summed E-state index contributed by atoms with van der Waals surface area (Å²) in [6, 6.07) is 10.9. The molecule has 2 aliphatic rings. The molecule has 4 nitrogen and oxygen atoms in total. The summed E-state index contributed by atoms with van der Waals surface area (Å²) in [4.78, 5) is 2.42. The highest BCUT2D eigenvalue weighted by atomic mass is 16.5. The van der Waals surface area contributed by atoms with Gasteiger partial charge in [-0.05, 0) is 24.8 Å². The van der Waals surface area contributed by atoms with Crippen molar-refractivity contribution in [3.05, 3.63) is 35.9 Å². The Bertz CT molecular complexity index is 428. The first kappa shape index (κ1) is 15.0. The van der Waals surface area contributed by atoms with Gasteiger partial charge in [0.05, 0.1) is 18.8 Å². The van der Waals surface area contributed by atoms with Gasteiger partial charge in [0.25, 0.3) is 0 Å². The van der Waals surface area contributed by atoms with Gasteiger partial charge in [-0.1, -0.05) is 30.3 Å². The molecule has 3 rings (SSSR count). The molecule has 0 spiro atoms. The molecule has 1 atom stereocenters. The molecule has 0 radical (unpaired) electrons. The van der Waals surface area contributed by atoms with E-state index in [-0.39, 0.29) is 12.1 Å². The summed E-state index contributed by atoms with van der Waals surface area (Å²) in [6.07, 6.45) is 3.51. The topological polar surface area (TPSA) is 44.7 Å². The second-order valence-electron chi connectivity index (χ2n) is 6.27. The summed E-state index contributed by atoms with van der Waals surface area (Å²) < 4.78 is 5.55. The van der Waals surface area contributed by atoms with Crippen molar-refractivity contribution >= 4 is 0 Å². The van der Waals surface area contributed by atoms with Crippen LogP contribution in [0.15, 0.2) is 30.3 Å². The van der Waals surface area contributed by atoms with E-state index >= 15 is 0 Å². The van der Waals surface area contributed by atoms with Gasteiger partial charge in [-0.3, -0.25) is 4.90 Å². The van der Waals surface area contributed by atoms with E-state index in [0.29, 0.717) is 6.04 Å². The summed E-state index contributed by atoms with van der Waals surface area (Å²) in [5.74, 6) is 0. The zero-order valence-corrected chi connectivity index (χ0v) is 12.6. The van der Waals surface area contributed by atoms with Crippen LogP contribution in [0.2, 0.25) is 0 Å². The van der Waals surface area contributed by atoms with Gasteiger partial charge >= 0.3 is 0 Å². The largest absolute Gasteiger partial charge is 0.394 e. The van der Waals surface area contributed by atoms with E-state index in [1.807, 2.05) is 6.07 Å². The molecule has 0 bridgehead atoms. The number of rotatable bonds is 6. The molecule has 1 aromatic rings. The van der Waals surface area contributed by atoms with Crippen LogP contribution in [0.25, 0.3) is 0 Å². The fourth-order valence-corrected chi connectivity index (χ4v) is 3.12. The smallest absolute Gasteiger partial charge is 0.0800 e. The zero-order chi connectivity index (χ0) is 14.5. The Morgan fingerprint density at radius 1 is 1.19 bits per heavy atom. The molecule has 4 heteroatoms. The standard InChI is InChI=1S/C17H26N2O2/c20-14-17(18-16-7-8-16,15-5-2-1-3-6-15)13-19-9-4-11-21-12-10-19/h1-3,5-6,16,18,20H,4,7-14H2. The predicted molar refractivity (Wildman–Crippen MR) is 83.2 cm³/mol. The average Bonchev–Trinajstić information content (AvgIpc) is 3.35. The predicted octanol–water partition coefficient (Wildman–Crippen LogP) is 1.35. The fraction of sp³-hybridized carbons (Fsp3) is 0.647. The fourth-order valence-electron chi connectivity index (χ4n) is 3.12. The lowest BCUT2D eigenvalue weighted by molar-refractivity contribution is 0.0969. The maximum Gasteiger partial charge on any atom is 0.0800 e. The first-order chi connectivity index (χ1) is 10.3. The van der Waals surface area contributed by atoms with Gasteiger partial charge in [-0.25, -0.2) is 0 Å². The molecule has 0 amide bonds. The van der Waals surface area contributed by atoms with Crippen LogP contribution < -0.4 is 5.32 Å². The third kappa shape index (κ3) is 3.83. The second-order valence-corrected chi connectivity index (χ2v) is 6.27. The first-order valence-corrected chi connectivity index (χ1v) is 8.07. The summed E-state index contributed by atoms with van der Waals surface area (Å²) in [5.41, 5.74) is 0.830. The Hall–Kier alpha value is -0.940. The van der Waals surface area contributed by atoms with Crippen LogP contribution in [0.3, 0.4) is 0 Å². The third-order valence-corrected chi connectivity index (χ3v) is 4.46. The monoisotopic (exact) mass is 290 g/mol. The summed E-state index contributed by atoms with van der Waals surface area (Å²) in [6.45, 7) is 4.60. The molecule has 1 aromatic carbocycles. The van der Waals surface area contributed by atoms with Crippen LogP contribution in [0.4, 0.5) is 0 Å². The Morgan fingerprint density at radius 2 is 2.00 bits per heavy atom. The van der Waals surface area contributed by atoms with E-state index in [2.05, 4.69) is 34.5 Å². The first-order valence-electron chi connectivity index (χ1n) is 8.07. The highest BCUT2D eigenvalue weighted by molar-refractivity contribution is 5.26. The lowest BCUT2D eigenvalue weighted by Crippen LogP contribution is -2.54. The minimum Gasteiger partial charge on any atom is -0.394 e. The lowest BCUT2D eigenvalue weighted by Gasteiger charge is -2.38. The van der Waals surface area contributed by atoms with Crippen molar-refractivity contribution < 1.29 is 9.84 Å². The Balaban J connectivity index is 1.79. The second kappa shape index (κ2) is 6.88. The molecule has 1 aliphatic carbocycles. The van der Waals surface area contributed by atoms with Crippen molar-refractivity contribution in [1.82, 2.24) is 10.2 Å². The van der Waals surface area contributed by atoms with Crippen LogP contribution in [0.1, 0.15) is 24.8 Å². The van der Waals surface area contributed by atoms with Gasteiger partial charge in [0.15, 0.2) is 0 Å². The minimum atomic E-state index is -0.354. The Morgan fingerprint density at radius 3 is 2.71 bits per heavy atom. The highest BCUT2D eigenvalue weighted by Crippen LogP contribution is 2.29. The van der Waals surface area contributed by atoms with Crippen LogP contribution in [0.5, 0.6) is 0 Å². The highest BCUT2D eigenvalue weighted by Gasteiger charge is 2.38. The van der Waals surface area contributed by atoms with Crippen molar-refractivity contribution in [3.63, 3.8) is 0 Å². The Kier molecular flexibility index (Phi) is 4.91. The molecule has 1 saturated heterocycles. The van der Waals surface area contributed by atoms with Crippen LogP contribution in [-0.4, -0.2) is 55.5 Å². The average molecular weight is 290 g/mol. The lowest BCUT2D eigenvalue weighted by atomic mass is 9.89. The molecule has 116 valence electrons. The molecule has 1 unspecified atom stereocenters. The number of hydrogen-bond acceptors (Lipinski definition) is 4. The van der Waals surface area contributed by atoms with E-state index < -0.39 is 0 Å². The van der Waals surface area contributed by atoms with Gasteiger partial charge in [0.2, 0.25) is 0 Å². The normalized spacial score (nSPS) is 23.5. The summed E-state index contributed by atoms with van der Waals surface area (Å²) in [7, 11) is 0. The van der Waals surface area contributed by atoms with Gasteiger partial charge in [-0.2, -0.15) is 0 Å². The maximum atomic E-state index is 10.2. The SMILES string of the molecule is OCC(CN1CCCOCC1)(NC1CC1)c1ccccc1. The number of aliphatic hydroxyl groups excluding tert-OH is 1. The number of aliphatic hydroxyl groups is 1. The van der Waals surface area contributed by atoms with E-state index in [0.717, 1.165) is 39.3 Å². The van der Waals surface area contributed by atoms with Crippen molar-refractivity contribution in [1.29, 1.82) is 0 Å². The number of benzene rings is 1. The van der Waals surface area contributed by atoms with Gasteiger partial charge in [0, 0.05) is 32.3 Å². The molecule has 1 aliphatic heterocycles. The molecule has 2 N–H and O–H groups in total. The number of ether oxygens (including phenoxy) is 1. The van der Waals surface area contributed by atoms with Crippen molar-refractivity contribution in [2.75, 3.05) is 39.5 Å². The maximum absolute atomic E-state index is 10.2. The quantitative estimate of drug-likeness (QED) is 0.830. The Labute approximate surface area is 127 Å². The molecule has 1 heterocycles. The number of hydrogen-bond donors (Lipinski definition) is 2. The summed E-state index contributed by atoms with van der Waals surface area (Å²) >= 11 is 0. The van der Waals surface area contributed by atoms with Crippen molar-refractivity contribution in [2.24, 2.45) is 0 Å². The van der Waals surface area contributed by atoms with E-state index in [4.69, 9.17) is 4.74 Å². The van der Waals surface area contributed by atoms with Gasteiger partial charge < -0.3 is 15.2 Å².